The van der Waals surface area contributed by atoms with Crippen LogP contribution >= 0.6 is 0 Å². The van der Waals surface area contributed by atoms with Crippen LogP contribution in [0.2, 0.25) is 0 Å². The third-order valence-corrected chi connectivity index (χ3v) is 5.60. The molecule has 0 aliphatic rings. The van der Waals surface area contributed by atoms with Gasteiger partial charge in [0.05, 0.1) is 0 Å². The van der Waals surface area contributed by atoms with E-state index in [2.05, 4.69) is 40.7 Å². The van der Waals surface area contributed by atoms with Gasteiger partial charge < -0.3 is 10.3 Å². The van der Waals surface area contributed by atoms with Gasteiger partial charge in [0.1, 0.15) is 0 Å². The van der Waals surface area contributed by atoms with Crippen molar-refractivity contribution in [3.05, 3.63) is 101 Å². The molecule has 3 N–H and O–H groups in total. The number of aryl methyl sites for hydroxylation is 2. The Hall–Kier alpha value is -3.86. The Labute approximate surface area is 188 Å². The number of hydrogen-bond acceptors (Lipinski definition) is 2. The summed E-state index contributed by atoms with van der Waals surface area (Å²) in [6.45, 7) is 4.59. The van der Waals surface area contributed by atoms with Crippen LogP contribution < -0.4 is 10.6 Å². The van der Waals surface area contributed by atoms with Gasteiger partial charge in [0.25, 0.3) is 5.91 Å². The lowest BCUT2D eigenvalue weighted by atomic mass is 10.1. The summed E-state index contributed by atoms with van der Waals surface area (Å²) in [6, 6.07) is 23.9. The second-order valence-corrected chi connectivity index (χ2v) is 7.74. The Balaban J connectivity index is 1.56. The summed E-state index contributed by atoms with van der Waals surface area (Å²) < 4.78 is 0. The van der Waals surface area contributed by atoms with Crippen LogP contribution in [0, 0.1) is 6.92 Å². The number of guanidine groups is 1. The van der Waals surface area contributed by atoms with Crippen LogP contribution in [0.3, 0.4) is 0 Å². The topological polar surface area (TPSA) is 69.3 Å². The quantitative estimate of drug-likeness (QED) is 0.283. The zero-order valence-corrected chi connectivity index (χ0v) is 18.5. The molecule has 5 heteroatoms. The smallest absolute Gasteiger partial charge is 0.258 e. The Morgan fingerprint density at radius 3 is 2.53 bits per heavy atom. The SMILES string of the molecule is CCc1ccccc1NC(=NCCc1c[nH]c2ccccc12)NC(=O)c1ccccc1C. The number of aliphatic imine (C=N–C) groups is 1. The third kappa shape index (κ3) is 4.89. The largest absolute Gasteiger partial charge is 0.361 e. The van der Waals surface area contributed by atoms with Gasteiger partial charge in [0.2, 0.25) is 5.96 Å². The van der Waals surface area contributed by atoms with E-state index in [4.69, 9.17) is 4.99 Å². The number of benzene rings is 3. The van der Waals surface area contributed by atoms with E-state index < -0.39 is 0 Å². The maximum Gasteiger partial charge on any atom is 0.258 e. The van der Waals surface area contributed by atoms with Gasteiger partial charge >= 0.3 is 0 Å². The number of amides is 1. The van der Waals surface area contributed by atoms with Gasteiger partial charge in [0, 0.05) is 34.9 Å². The molecule has 0 aliphatic carbocycles. The molecule has 0 unspecified atom stereocenters. The monoisotopic (exact) mass is 424 g/mol. The van der Waals surface area contributed by atoms with Gasteiger partial charge in [0.15, 0.2) is 0 Å². The number of hydrogen-bond donors (Lipinski definition) is 3. The van der Waals surface area contributed by atoms with E-state index in [-0.39, 0.29) is 5.91 Å². The van der Waals surface area contributed by atoms with E-state index in [9.17, 15) is 4.79 Å². The number of para-hydroxylation sites is 2. The van der Waals surface area contributed by atoms with Crippen LogP contribution in [0.25, 0.3) is 10.9 Å². The highest BCUT2D eigenvalue weighted by molar-refractivity contribution is 6.10. The molecule has 4 rings (SSSR count). The normalized spacial score (nSPS) is 11.5. The zero-order valence-electron chi connectivity index (χ0n) is 18.5. The second-order valence-electron chi connectivity index (χ2n) is 7.74. The van der Waals surface area contributed by atoms with E-state index >= 15 is 0 Å². The molecular formula is C27H28N4O. The number of carbonyl (C=O) groups is 1. The summed E-state index contributed by atoms with van der Waals surface area (Å²) in [5.74, 6) is 0.286. The highest BCUT2D eigenvalue weighted by Crippen LogP contribution is 2.18. The van der Waals surface area contributed by atoms with Crippen molar-refractivity contribution >= 4 is 28.5 Å². The molecule has 1 aromatic heterocycles. The molecule has 3 aromatic carbocycles. The number of aromatic nitrogens is 1. The molecule has 0 atom stereocenters. The number of nitrogens with zero attached hydrogens (tertiary/aromatic N) is 1. The van der Waals surface area contributed by atoms with Crippen molar-refractivity contribution in [1.29, 1.82) is 0 Å². The molecule has 0 saturated carbocycles. The fourth-order valence-electron chi connectivity index (χ4n) is 3.82. The van der Waals surface area contributed by atoms with Gasteiger partial charge in [-0.05, 0) is 54.7 Å². The molecule has 1 amide bonds. The highest BCUT2D eigenvalue weighted by Gasteiger charge is 2.12. The summed E-state index contributed by atoms with van der Waals surface area (Å²) in [4.78, 5) is 21.0. The second kappa shape index (κ2) is 9.96. The van der Waals surface area contributed by atoms with E-state index in [0.717, 1.165) is 29.6 Å². The van der Waals surface area contributed by atoms with Crippen molar-refractivity contribution in [2.45, 2.75) is 26.7 Å². The number of carbonyl (C=O) groups excluding carboxylic acids is 1. The zero-order chi connectivity index (χ0) is 22.3. The first-order valence-electron chi connectivity index (χ1n) is 11.0. The minimum Gasteiger partial charge on any atom is -0.361 e. The molecule has 0 bridgehead atoms. The highest BCUT2D eigenvalue weighted by atomic mass is 16.1. The third-order valence-electron chi connectivity index (χ3n) is 5.60. The average Bonchev–Trinajstić information content (AvgIpc) is 3.22. The lowest BCUT2D eigenvalue weighted by molar-refractivity contribution is 0.0976. The predicted octanol–water partition coefficient (Wildman–Crippen LogP) is 5.48. The fourth-order valence-corrected chi connectivity index (χ4v) is 3.82. The molecular weight excluding hydrogens is 396 g/mol. The van der Waals surface area contributed by atoms with Crippen LogP contribution in [0.5, 0.6) is 0 Å². The molecule has 4 aromatic rings. The molecule has 0 radical (unpaired) electrons. The fraction of sp³-hybridized carbons (Fsp3) is 0.185. The summed E-state index contributed by atoms with van der Waals surface area (Å²) in [5, 5.41) is 7.54. The Bertz CT molecular complexity index is 1260. The van der Waals surface area contributed by atoms with Crippen molar-refractivity contribution in [3.63, 3.8) is 0 Å². The van der Waals surface area contributed by atoms with Gasteiger partial charge in [-0.25, -0.2) is 0 Å². The molecule has 162 valence electrons. The number of aromatic amines is 1. The lowest BCUT2D eigenvalue weighted by Gasteiger charge is -2.15. The van der Waals surface area contributed by atoms with Gasteiger partial charge in [-0.15, -0.1) is 0 Å². The van der Waals surface area contributed by atoms with Gasteiger partial charge in [-0.3, -0.25) is 15.1 Å². The van der Waals surface area contributed by atoms with E-state index in [1.54, 1.807) is 0 Å². The average molecular weight is 425 g/mol. The summed E-state index contributed by atoms with van der Waals surface area (Å²) in [5.41, 5.74) is 6.02. The predicted molar refractivity (Wildman–Crippen MR) is 132 cm³/mol. The Morgan fingerprint density at radius 2 is 1.69 bits per heavy atom. The van der Waals surface area contributed by atoms with Crippen LogP contribution in [0.4, 0.5) is 5.69 Å². The number of nitrogens with one attached hydrogen (secondary N) is 3. The summed E-state index contributed by atoms with van der Waals surface area (Å²) in [6.07, 6.45) is 3.69. The van der Waals surface area contributed by atoms with E-state index in [1.807, 2.05) is 67.7 Å². The maximum atomic E-state index is 13.0. The van der Waals surface area contributed by atoms with Crippen molar-refractivity contribution < 1.29 is 4.79 Å². The molecule has 1 heterocycles. The summed E-state index contributed by atoms with van der Waals surface area (Å²) >= 11 is 0. The van der Waals surface area contributed by atoms with E-state index in [0.29, 0.717) is 18.1 Å². The van der Waals surface area contributed by atoms with Crippen molar-refractivity contribution in [1.82, 2.24) is 10.3 Å². The van der Waals surface area contributed by atoms with Crippen LogP contribution in [-0.2, 0) is 12.8 Å². The van der Waals surface area contributed by atoms with Crippen LogP contribution in [0.15, 0.2) is 84.0 Å². The standard InChI is InChI=1S/C27H28N4O/c1-3-20-11-5-8-14-24(20)30-27(31-26(32)22-12-6-4-10-19(22)2)28-17-16-21-18-29-25-15-9-7-13-23(21)25/h4-15,18,29H,3,16-17H2,1-2H3,(H2,28,30,31,32). The number of rotatable bonds is 6. The lowest BCUT2D eigenvalue weighted by Crippen LogP contribution is -2.36. The molecule has 0 spiro atoms. The van der Waals surface area contributed by atoms with Gasteiger partial charge in [-0.1, -0.05) is 61.5 Å². The first-order valence-corrected chi connectivity index (χ1v) is 11.0. The van der Waals surface area contributed by atoms with Gasteiger partial charge in [-0.2, -0.15) is 0 Å². The summed E-state index contributed by atoms with van der Waals surface area (Å²) in [7, 11) is 0. The first kappa shape index (κ1) is 21.4. The van der Waals surface area contributed by atoms with Crippen LogP contribution in [-0.4, -0.2) is 23.4 Å². The van der Waals surface area contributed by atoms with Crippen molar-refractivity contribution in [3.8, 4) is 0 Å². The Morgan fingerprint density at radius 1 is 0.938 bits per heavy atom. The molecule has 0 aliphatic heterocycles. The first-order chi connectivity index (χ1) is 15.7. The minimum absolute atomic E-state index is 0.171. The molecule has 0 fully saturated rings. The molecule has 0 saturated heterocycles. The Kier molecular flexibility index (Phi) is 6.66. The van der Waals surface area contributed by atoms with Crippen molar-refractivity contribution in [2.24, 2.45) is 4.99 Å². The van der Waals surface area contributed by atoms with Crippen LogP contribution in [0.1, 0.15) is 34.0 Å². The minimum atomic E-state index is -0.171. The van der Waals surface area contributed by atoms with Crippen molar-refractivity contribution in [2.75, 3.05) is 11.9 Å². The number of anilines is 1. The molecule has 32 heavy (non-hydrogen) atoms. The van der Waals surface area contributed by atoms with E-state index in [1.165, 1.54) is 16.5 Å². The molecule has 5 nitrogen and oxygen atoms in total. The number of H-pyrrole nitrogens is 1. The number of fused-ring (bicyclic) bond motifs is 1. The maximum absolute atomic E-state index is 13.0.